The smallest absolute Gasteiger partial charge is 0.306 e. The SMILES string of the molecule is CCCCCCCCCCCCCCCCCCCC(=O)O[C@@H](COC(=O)CCCCCCCCC)COC(=O)CCCCCCCCCCCCCCC. The van der Waals surface area contributed by atoms with Gasteiger partial charge in [-0.25, -0.2) is 0 Å². The van der Waals surface area contributed by atoms with E-state index in [2.05, 4.69) is 20.8 Å². The number of unbranched alkanes of at least 4 members (excludes halogenated alkanes) is 34. The maximum absolute atomic E-state index is 12.7. The maximum atomic E-state index is 12.7. The summed E-state index contributed by atoms with van der Waals surface area (Å²) in [5, 5.41) is 0. The molecule has 6 heteroatoms. The van der Waals surface area contributed by atoms with Crippen molar-refractivity contribution in [3.05, 3.63) is 0 Å². The molecular formula is C49H94O6. The van der Waals surface area contributed by atoms with Crippen LogP contribution in [0, 0.1) is 0 Å². The first kappa shape index (κ1) is 53.4. The molecule has 0 saturated carbocycles. The highest BCUT2D eigenvalue weighted by molar-refractivity contribution is 5.71. The Hall–Kier alpha value is -1.59. The molecule has 0 bridgehead atoms. The predicted octanol–water partition coefficient (Wildman–Crippen LogP) is 15.6. The van der Waals surface area contributed by atoms with Gasteiger partial charge in [-0.2, -0.15) is 0 Å². The molecule has 0 radical (unpaired) electrons. The van der Waals surface area contributed by atoms with Gasteiger partial charge in [-0.05, 0) is 19.3 Å². The molecule has 0 unspecified atom stereocenters. The molecule has 0 amide bonds. The first-order valence-corrected chi connectivity index (χ1v) is 24.5. The lowest BCUT2D eigenvalue weighted by molar-refractivity contribution is -0.167. The van der Waals surface area contributed by atoms with Crippen LogP contribution in [0.3, 0.4) is 0 Å². The van der Waals surface area contributed by atoms with Crippen LogP contribution in [-0.4, -0.2) is 37.2 Å². The summed E-state index contributed by atoms with van der Waals surface area (Å²) in [6.07, 6.45) is 46.7. The second kappa shape index (κ2) is 45.1. The van der Waals surface area contributed by atoms with Crippen LogP contribution in [-0.2, 0) is 28.6 Å². The van der Waals surface area contributed by atoms with Crippen LogP contribution in [0.25, 0.3) is 0 Å². The standard InChI is InChI=1S/C49H94O6/c1-4-7-10-13-16-18-20-22-23-24-25-27-29-31-34-37-40-43-49(52)55-46(44-53-47(50)41-38-35-32-15-12-9-6-3)45-54-48(51)42-39-36-33-30-28-26-21-19-17-14-11-8-5-2/h46H,4-45H2,1-3H3/t46-/m0/s1. The summed E-state index contributed by atoms with van der Waals surface area (Å²) >= 11 is 0. The molecule has 6 nitrogen and oxygen atoms in total. The van der Waals surface area contributed by atoms with E-state index in [1.165, 1.54) is 180 Å². The Morgan fingerprint density at radius 3 is 0.727 bits per heavy atom. The third-order valence-electron chi connectivity index (χ3n) is 11.1. The van der Waals surface area contributed by atoms with Crippen molar-refractivity contribution in [1.82, 2.24) is 0 Å². The topological polar surface area (TPSA) is 78.9 Å². The van der Waals surface area contributed by atoms with Gasteiger partial charge in [0.2, 0.25) is 0 Å². The largest absolute Gasteiger partial charge is 0.462 e. The summed E-state index contributed by atoms with van der Waals surface area (Å²) in [4.78, 5) is 37.7. The minimum Gasteiger partial charge on any atom is -0.462 e. The Morgan fingerprint density at radius 2 is 0.491 bits per heavy atom. The van der Waals surface area contributed by atoms with Crippen molar-refractivity contribution in [3.8, 4) is 0 Å². The number of carbonyl (C=O) groups is 3. The molecular weight excluding hydrogens is 685 g/mol. The number of esters is 3. The van der Waals surface area contributed by atoms with E-state index < -0.39 is 6.10 Å². The molecule has 0 saturated heterocycles. The van der Waals surface area contributed by atoms with Gasteiger partial charge in [0.05, 0.1) is 0 Å². The molecule has 55 heavy (non-hydrogen) atoms. The van der Waals surface area contributed by atoms with Crippen LogP contribution in [0.5, 0.6) is 0 Å². The Labute approximate surface area is 342 Å². The lowest BCUT2D eigenvalue weighted by Gasteiger charge is -2.18. The average molecular weight is 779 g/mol. The molecule has 0 spiro atoms. The van der Waals surface area contributed by atoms with Crippen LogP contribution < -0.4 is 0 Å². The summed E-state index contributed by atoms with van der Waals surface area (Å²) in [6, 6.07) is 0. The van der Waals surface area contributed by atoms with E-state index in [-0.39, 0.29) is 31.1 Å². The van der Waals surface area contributed by atoms with E-state index in [1.54, 1.807) is 0 Å². The highest BCUT2D eigenvalue weighted by Gasteiger charge is 2.19. The van der Waals surface area contributed by atoms with Gasteiger partial charge in [-0.3, -0.25) is 14.4 Å². The van der Waals surface area contributed by atoms with Gasteiger partial charge in [0.15, 0.2) is 6.10 Å². The highest BCUT2D eigenvalue weighted by Crippen LogP contribution is 2.16. The third kappa shape index (κ3) is 43.4. The minimum atomic E-state index is -0.758. The molecule has 0 heterocycles. The van der Waals surface area contributed by atoms with Crippen molar-refractivity contribution >= 4 is 17.9 Å². The van der Waals surface area contributed by atoms with Gasteiger partial charge >= 0.3 is 17.9 Å². The fourth-order valence-electron chi connectivity index (χ4n) is 7.38. The first-order valence-electron chi connectivity index (χ1n) is 24.5. The van der Waals surface area contributed by atoms with Crippen LogP contribution >= 0.6 is 0 Å². The molecule has 0 aliphatic rings. The number of hydrogen-bond donors (Lipinski definition) is 0. The predicted molar refractivity (Wildman–Crippen MR) is 233 cm³/mol. The van der Waals surface area contributed by atoms with Crippen molar-refractivity contribution in [2.45, 2.75) is 284 Å². The Kier molecular flexibility index (Phi) is 43.8. The zero-order chi connectivity index (χ0) is 40.1. The molecule has 0 aromatic carbocycles. The van der Waals surface area contributed by atoms with Crippen molar-refractivity contribution in [2.75, 3.05) is 13.2 Å². The number of carbonyl (C=O) groups excluding carboxylic acids is 3. The van der Waals surface area contributed by atoms with E-state index in [4.69, 9.17) is 14.2 Å². The summed E-state index contributed by atoms with van der Waals surface area (Å²) in [5.74, 6) is -0.852. The minimum absolute atomic E-state index is 0.0627. The van der Waals surface area contributed by atoms with Crippen LogP contribution in [0.2, 0.25) is 0 Å². The molecule has 0 aromatic heterocycles. The maximum Gasteiger partial charge on any atom is 0.306 e. The Balaban J connectivity index is 4.21. The van der Waals surface area contributed by atoms with Crippen molar-refractivity contribution < 1.29 is 28.6 Å². The summed E-state index contributed by atoms with van der Waals surface area (Å²) < 4.78 is 16.7. The fourth-order valence-corrected chi connectivity index (χ4v) is 7.38. The molecule has 0 rings (SSSR count). The van der Waals surface area contributed by atoms with Crippen LogP contribution in [0.15, 0.2) is 0 Å². The van der Waals surface area contributed by atoms with Crippen LogP contribution in [0.1, 0.15) is 278 Å². The lowest BCUT2D eigenvalue weighted by Crippen LogP contribution is -2.30. The Morgan fingerprint density at radius 1 is 0.291 bits per heavy atom. The number of hydrogen-bond acceptors (Lipinski definition) is 6. The molecule has 326 valence electrons. The lowest BCUT2D eigenvalue weighted by atomic mass is 10.0. The van der Waals surface area contributed by atoms with Crippen molar-refractivity contribution in [2.24, 2.45) is 0 Å². The normalized spacial score (nSPS) is 11.8. The van der Waals surface area contributed by atoms with Crippen molar-refractivity contribution in [3.63, 3.8) is 0 Å². The Bertz CT molecular complexity index is 813. The highest BCUT2D eigenvalue weighted by atomic mass is 16.6. The second-order valence-electron chi connectivity index (χ2n) is 16.7. The van der Waals surface area contributed by atoms with Gasteiger partial charge < -0.3 is 14.2 Å². The van der Waals surface area contributed by atoms with E-state index in [0.29, 0.717) is 19.3 Å². The van der Waals surface area contributed by atoms with E-state index >= 15 is 0 Å². The molecule has 0 aliphatic heterocycles. The third-order valence-corrected chi connectivity index (χ3v) is 11.1. The fraction of sp³-hybridized carbons (Fsp3) is 0.939. The number of rotatable bonds is 45. The zero-order valence-electron chi connectivity index (χ0n) is 37.2. The van der Waals surface area contributed by atoms with Crippen molar-refractivity contribution in [1.29, 1.82) is 0 Å². The molecule has 0 aromatic rings. The van der Waals surface area contributed by atoms with E-state index in [0.717, 1.165) is 57.8 Å². The molecule has 0 aliphatic carbocycles. The summed E-state index contributed by atoms with van der Waals surface area (Å²) in [6.45, 7) is 6.63. The van der Waals surface area contributed by atoms with Gasteiger partial charge in [0, 0.05) is 19.3 Å². The molecule has 0 fully saturated rings. The van der Waals surface area contributed by atoms with Crippen LogP contribution in [0.4, 0.5) is 0 Å². The quantitative estimate of drug-likeness (QED) is 0.0348. The second-order valence-corrected chi connectivity index (χ2v) is 16.7. The summed E-state index contributed by atoms with van der Waals surface area (Å²) in [7, 11) is 0. The average Bonchev–Trinajstić information content (AvgIpc) is 3.18. The van der Waals surface area contributed by atoms with E-state index in [9.17, 15) is 14.4 Å². The van der Waals surface area contributed by atoms with Gasteiger partial charge in [-0.1, -0.05) is 239 Å². The summed E-state index contributed by atoms with van der Waals surface area (Å²) in [5.41, 5.74) is 0. The van der Waals surface area contributed by atoms with Gasteiger partial charge in [-0.15, -0.1) is 0 Å². The monoisotopic (exact) mass is 779 g/mol. The van der Waals surface area contributed by atoms with Gasteiger partial charge in [0.1, 0.15) is 13.2 Å². The first-order chi connectivity index (χ1) is 27.0. The van der Waals surface area contributed by atoms with E-state index in [1.807, 2.05) is 0 Å². The molecule has 0 N–H and O–H groups in total. The molecule has 1 atom stereocenters. The number of ether oxygens (including phenoxy) is 3. The zero-order valence-corrected chi connectivity index (χ0v) is 37.2. The van der Waals surface area contributed by atoms with Gasteiger partial charge in [0.25, 0.3) is 0 Å².